The maximum absolute atomic E-state index is 11.1. The molecule has 0 bridgehead atoms. The molecule has 1 aromatic carbocycles. The van der Waals surface area contributed by atoms with E-state index in [1.165, 1.54) is 0 Å². The van der Waals surface area contributed by atoms with Gasteiger partial charge in [0.25, 0.3) is 0 Å². The van der Waals surface area contributed by atoms with Crippen LogP contribution in [0.5, 0.6) is 0 Å². The standard InChI is InChI=1S/C15H16ClNO2/c1-8-15(11(7-14(18)19)9-2-3-9)12-6-10(16)4-5-13(12)17-8/h4-6,9,11,17H,2-3,7H2,1H3,(H,18,19). The number of H-pyrrole nitrogens is 1. The number of aromatic nitrogens is 1. The fourth-order valence-electron chi connectivity index (χ4n) is 2.99. The lowest BCUT2D eigenvalue weighted by atomic mass is 9.89. The van der Waals surface area contributed by atoms with Crippen LogP contribution in [0.1, 0.15) is 36.4 Å². The normalized spacial score (nSPS) is 16.7. The molecule has 0 radical (unpaired) electrons. The number of benzene rings is 1. The molecular weight excluding hydrogens is 262 g/mol. The van der Waals surface area contributed by atoms with Crippen LogP contribution in [-0.4, -0.2) is 16.1 Å². The molecule has 2 aromatic rings. The molecule has 3 nitrogen and oxygen atoms in total. The fourth-order valence-corrected chi connectivity index (χ4v) is 3.16. The van der Waals surface area contributed by atoms with Crippen molar-refractivity contribution in [2.45, 2.75) is 32.1 Å². The van der Waals surface area contributed by atoms with Crippen molar-refractivity contribution >= 4 is 28.5 Å². The van der Waals surface area contributed by atoms with Gasteiger partial charge in [-0.3, -0.25) is 4.79 Å². The first kappa shape index (κ1) is 12.5. The number of carboxylic acid groups (broad SMARTS) is 1. The maximum atomic E-state index is 11.1. The molecule has 1 fully saturated rings. The number of fused-ring (bicyclic) bond motifs is 1. The van der Waals surface area contributed by atoms with Crippen LogP contribution in [0.15, 0.2) is 18.2 Å². The summed E-state index contributed by atoms with van der Waals surface area (Å²) in [4.78, 5) is 14.5. The Morgan fingerprint density at radius 2 is 2.26 bits per heavy atom. The predicted octanol–water partition coefficient (Wildman–Crippen LogP) is 4.10. The number of aryl methyl sites for hydroxylation is 1. The van der Waals surface area contributed by atoms with Crippen molar-refractivity contribution in [2.24, 2.45) is 5.92 Å². The molecule has 0 saturated heterocycles. The minimum atomic E-state index is -0.729. The van der Waals surface area contributed by atoms with Crippen molar-refractivity contribution in [3.05, 3.63) is 34.5 Å². The summed E-state index contributed by atoms with van der Waals surface area (Å²) in [5, 5.41) is 10.9. The Balaban J connectivity index is 2.13. The van der Waals surface area contributed by atoms with Gasteiger partial charge < -0.3 is 10.1 Å². The van der Waals surface area contributed by atoms with E-state index in [0.29, 0.717) is 10.9 Å². The quantitative estimate of drug-likeness (QED) is 0.884. The Hall–Kier alpha value is -1.48. The first-order valence-electron chi connectivity index (χ1n) is 6.56. The third-order valence-corrected chi connectivity index (χ3v) is 4.19. The number of aliphatic carboxylic acids is 1. The molecule has 0 aliphatic heterocycles. The van der Waals surface area contributed by atoms with Gasteiger partial charge in [0, 0.05) is 21.6 Å². The van der Waals surface area contributed by atoms with Gasteiger partial charge >= 0.3 is 5.97 Å². The number of aromatic amines is 1. The average molecular weight is 278 g/mol. The lowest BCUT2D eigenvalue weighted by molar-refractivity contribution is -0.137. The topological polar surface area (TPSA) is 53.1 Å². The number of rotatable bonds is 4. The Labute approximate surface area is 116 Å². The van der Waals surface area contributed by atoms with Gasteiger partial charge in [-0.05, 0) is 55.4 Å². The molecule has 1 unspecified atom stereocenters. The number of carbonyl (C=O) groups is 1. The van der Waals surface area contributed by atoms with Crippen molar-refractivity contribution in [1.82, 2.24) is 4.98 Å². The molecule has 1 aromatic heterocycles. The van der Waals surface area contributed by atoms with Crippen LogP contribution in [-0.2, 0) is 4.79 Å². The molecule has 1 heterocycles. The first-order chi connectivity index (χ1) is 9.06. The van der Waals surface area contributed by atoms with Crippen LogP contribution in [0.25, 0.3) is 10.9 Å². The summed E-state index contributed by atoms with van der Waals surface area (Å²) < 4.78 is 0. The third kappa shape index (κ3) is 2.35. The SMILES string of the molecule is Cc1[nH]c2ccc(Cl)cc2c1C(CC(=O)O)C1CC1. The van der Waals surface area contributed by atoms with E-state index < -0.39 is 5.97 Å². The van der Waals surface area contributed by atoms with Crippen molar-refractivity contribution in [3.8, 4) is 0 Å². The molecule has 0 spiro atoms. The summed E-state index contributed by atoms with van der Waals surface area (Å²) in [7, 11) is 0. The van der Waals surface area contributed by atoms with E-state index in [1.54, 1.807) is 0 Å². The summed E-state index contributed by atoms with van der Waals surface area (Å²) in [6, 6.07) is 5.75. The van der Waals surface area contributed by atoms with E-state index in [-0.39, 0.29) is 12.3 Å². The summed E-state index contributed by atoms with van der Waals surface area (Å²) in [5.41, 5.74) is 3.24. The highest BCUT2D eigenvalue weighted by Crippen LogP contribution is 2.47. The number of hydrogen-bond acceptors (Lipinski definition) is 1. The number of carboxylic acids is 1. The van der Waals surface area contributed by atoms with E-state index in [9.17, 15) is 4.79 Å². The van der Waals surface area contributed by atoms with E-state index in [2.05, 4.69) is 4.98 Å². The van der Waals surface area contributed by atoms with Crippen LogP contribution in [0.3, 0.4) is 0 Å². The molecule has 1 aliphatic carbocycles. The monoisotopic (exact) mass is 277 g/mol. The van der Waals surface area contributed by atoms with E-state index in [1.807, 2.05) is 25.1 Å². The lowest BCUT2D eigenvalue weighted by Gasteiger charge is -2.15. The molecule has 4 heteroatoms. The third-order valence-electron chi connectivity index (χ3n) is 3.95. The van der Waals surface area contributed by atoms with Crippen LogP contribution >= 0.6 is 11.6 Å². The van der Waals surface area contributed by atoms with Gasteiger partial charge in [-0.2, -0.15) is 0 Å². The zero-order valence-electron chi connectivity index (χ0n) is 10.7. The molecular formula is C15H16ClNO2. The van der Waals surface area contributed by atoms with Gasteiger partial charge in [-0.1, -0.05) is 11.6 Å². The fraction of sp³-hybridized carbons (Fsp3) is 0.400. The summed E-state index contributed by atoms with van der Waals surface area (Å²) >= 11 is 6.08. The van der Waals surface area contributed by atoms with E-state index >= 15 is 0 Å². The highest BCUT2D eigenvalue weighted by molar-refractivity contribution is 6.31. The van der Waals surface area contributed by atoms with Crippen molar-refractivity contribution in [2.75, 3.05) is 0 Å². The molecule has 100 valence electrons. The second-order valence-corrected chi connectivity index (χ2v) is 5.83. The second kappa shape index (κ2) is 4.57. The predicted molar refractivity (Wildman–Crippen MR) is 75.8 cm³/mol. The van der Waals surface area contributed by atoms with Crippen LogP contribution in [0.4, 0.5) is 0 Å². The van der Waals surface area contributed by atoms with Crippen LogP contribution in [0, 0.1) is 12.8 Å². The zero-order valence-corrected chi connectivity index (χ0v) is 11.5. The smallest absolute Gasteiger partial charge is 0.303 e. The average Bonchev–Trinajstić information content (AvgIpc) is 3.10. The molecule has 1 aliphatic rings. The molecule has 1 atom stereocenters. The lowest BCUT2D eigenvalue weighted by Crippen LogP contribution is -2.09. The second-order valence-electron chi connectivity index (χ2n) is 5.40. The van der Waals surface area contributed by atoms with Gasteiger partial charge in [-0.25, -0.2) is 0 Å². The van der Waals surface area contributed by atoms with Gasteiger partial charge in [0.2, 0.25) is 0 Å². The summed E-state index contributed by atoms with van der Waals surface area (Å²) in [5.74, 6) is -0.120. The minimum Gasteiger partial charge on any atom is -0.481 e. The van der Waals surface area contributed by atoms with E-state index in [4.69, 9.17) is 16.7 Å². The Kier molecular flexibility index (Phi) is 3.02. The molecule has 1 saturated carbocycles. The molecule has 0 amide bonds. The van der Waals surface area contributed by atoms with Crippen molar-refractivity contribution in [3.63, 3.8) is 0 Å². The Morgan fingerprint density at radius 1 is 1.53 bits per heavy atom. The summed E-state index contributed by atoms with van der Waals surface area (Å²) in [6.07, 6.45) is 2.46. The molecule has 19 heavy (non-hydrogen) atoms. The highest BCUT2D eigenvalue weighted by Gasteiger charge is 2.36. The van der Waals surface area contributed by atoms with Gasteiger partial charge in [-0.15, -0.1) is 0 Å². The van der Waals surface area contributed by atoms with Crippen molar-refractivity contribution in [1.29, 1.82) is 0 Å². The maximum Gasteiger partial charge on any atom is 0.303 e. The van der Waals surface area contributed by atoms with Gasteiger partial charge in [0.15, 0.2) is 0 Å². The Morgan fingerprint density at radius 3 is 2.89 bits per heavy atom. The summed E-state index contributed by atoms with van der Waals surface area (Å²) in [6.45, 7) is 2.01. The molecule has 3 rings (SSSR count). The highest BCUT2D eigenvalue weighted by atomic mass is 35.5. The number of nitrogens with one attached hydrogen (secondary N) is 1. The van der Waals surface area contributed by atoms with Crippen LogP contribution in [0.2, 0.25) is 5.02 Å². The zero-order chi connectivity index (χ0) is 13.6. The van der Waals surface area contributed by atoms with Gasteiger partial charge in [0.05, 0.1) is 6.42 Å². The minimum absolute atomic E-state index is 0.102. The van der Waals surface area contributed by atoms with Gasteiger partial charge in [0.1, 0.15) is 0 Å². The number of hydrogen-bond donors (Lipinski definition) is 2. The van der Waals surface area contributed by atoms with Crippen molar-refractivity contribution < 1.29 is 9.90 Å². The Bertz CT molecular complexity index is 643. The van der Waals surface area contributed by atoms with Crippen LogP contribution < -0.4 is 0 Å². The largest absolute Gasteiger partial charge is 0.481 e. The molecule has 2 N–H and O–H groups in total. The first-order valence-corrected chi connectivity index (χ1v) is 6.93. The number of halogens is 1. The van der Waals surface area contributed by atoms with E-state index in [0.717, 1.165) is 35.0 Å².